The molecule has 1 aromatic rings. The van der Waals surface area contributed by atoms with E-state index in [9.17, 15) is 4.79 Å². The van der Waals surface area contributed by atoms with E-state index in [2.05, 4.69) is 12.2 Å². The van der Waals surface area contributed by atoms with Gasteiger partial charge in [-0.2, -0.15) is 0 Å². The smallest absolute Gasteiger partial charge is 0.231 e. The van der Waals surface area contributed by atoms with Crippen molar-refractivity contribution in [2.75, 3.05) is 25.0 Å². The standard InChI is InChI=1S/C14H20N2O/c1-10-5-4-6-12(7-10)16(3)14(17)13-9-15-8-11(13)2/h4-7,11,13,15H,8-9H2,1-3H3. The van der Waals surface area contributed by atoms with Gasteiger partial charge in [-0.25, -0.2) is 0 Å². The maximum absolute atomic E-state index is 12.4. The molecule has 1 N–H and O–H groups in total. The molecule has 2 unspecified atom stereocenters. The van der Waals surface area contributed by atoms with Crippen LogP contribution in [0.5, 0.6) is 0 Å². The second-order valence-electron chi connectivity index (χ2n) is 4.98. The molecule has 1 aromatic carbocycles. The first-order valence-electron chi connectivity index (χ1n) is 6.14. The summed E-state index contributed by atoms with van der Waals surface area (Å²) in [4.78, 5) is 14.1. The molecule has 2 rings (SSSR count). The number of carbonyl (C=O) groups excluding carboxylic acids is 1. The van der Waals surface area contributed by atoms with Crippen molar-refractivity contribution in [2.45, 2.75) is 13.8 Å². The molecule has 3 heteroatoms. The van der Waals surface area contributed by atoms with Crippen LogP contribution in [0.1, 0.15) is 12.5 Å². The van der Waals surface area contributed by atoms with Gasteiger partial charge in [-0.15, -0.1) is 0 Å². The van der Waals surface area contributed by atoms with Crippen LogP contribution in [-0.2, 0) is 4.79 Å². The van der Waals surface area contributed by atoms with E-state index >= 15 is 0 Å². The number of nitrogens with zero attached hydrogens (tertiary/aromatic N) is 1. The van der Waals surface area contributed by atoms with Gasteiger partial charge in [0, 0.05) is 19.3 Å². The highest BCUT2D eigenvalue weighted by Gasteiger charge is 2.31. The third-order valence-electron chi connectivity index (χ3n) is 3.55. The minimum Gasteiger partial charge on any atom is -0.316 e. The third kappa shape index (κ3) is 2.50. The fourth-order valence-corrected chi connectivity index (χ4v) is 2.35. The first-order valence-corrected chi connectivity index (χ1v) is 6.14. The molecule has 1 saturated heterocycles. The van der Waals surface area contributed by atoms with Gasteiger partial charge in [0.1, 0.15) is 0 Å². The van der Waals surface area contributed by atoms with Crippen molar-refractivity contribution in [2.24, 2.45) is 11.8 Å². The maximum atomic E-state index is 12.4. The quantitative estimate of drug-likeness (QED) is 0.843. The summed E-state index contributed by atoms with van der Waals surface area (Å²) >= 11 is 0. The van der Waals surface area contributed by atoms with Crippen molar-refractivity contribution in [1.29, 1.82) is 0 Å². The molecule has 1 aliphatic rings. The van der Waals surface area contributed by atoms with E-state index in [4.69, 9.17) is 0 Å². The Bertz CT molecular complexity index is 416. The SMILES string of the molecule is Cc1cccc(N(C)C(=O)C2CNCC2C)c1. The molecule has 0 aromatic heterocycles. The zero-order valence-electron chi connectivity index (χ0n) is 10.7. The van der Waals surface area contributed by atoms with Crippen LogP contribution in [0, 0.1) is 18.8 Å². The van der Waals surface area contributed by atoms with Crippen LogP contribution in [0.3, 0.4) is 0 Å². The lowest BCUT2D eigenvalue weighted by atomic mass is 9.96. The highest BCUT2D eigenvalue weighted by Crippen LogP contribution is 2.22. The van der Waals surface area contributed by atoms with Crippen molar-refractivity contribution >= 4 is 11.6 Å². The van der Waals surface area contributed by atoms with E-state index in [-0.39, 0.29) is 11.8 Å². The van der Waals surface area contributed by atoms with Crippen molar-refractivity contribution in [3.63, 3.8) is 0 Å². The van der Waals surface area contributed by atoms with Gasteiger partial charge in [0.15, 0.2) is 0 Å². The Kier molecular flexibility index (Phi) is 3.48. The van der Waals surface area contributed by atoms with Gasteiger partial charge in [-0.3, -0.25) is 4.79 Å². The number of carbonyl (C=O) groups is 1. The van der Waals surface area contributed by atoms with Crippen LogP contribution in [0.2, 0.25) is 0 Å². The van der Waals surface area contributed by atoms with Crippen LogP contribution < -0.4 is 10.2 Å². The molecule has 0 radical (unpaired) electrons. The highest BCUT2D eigenvalue weighted by molar-refractivity contribution is 5.95. The summed E-state index contributed by atoms with van der Waals surface area (Å²) in [5.74, 6) is 0.753. The number of aryl methyl sites for hydroxylation is 1. The van der Waals surface area contributed by atoms with Crippen LogP contribution in [0.15, 0.2) is 24.3 Å². The topological polar surface area (TPSA) is 32.3 Å². The van der Waals surface area contributed by atoms with Gasteiger partial charge in [0.25, 0.3) is 0 Å². The summed E-state index contributed by atoms with van der Waals surface area (Å²) in [6, 6.07) is 8.06. The lowest BCUT2D eigenvalue weighted by molar-refractivity contribution is -0.122. The Morgan fingerprint density at radius 1 is 1.41 bits per heavy atom. The van der Waals surface area contributed by atoms with Crippen LogP contribution in [-0.4, -0.2) is 26.0 Å². The maximum Gasteiger partial charge on any atom is 0.231 e. The van der Waals surface area contributed by atoms with Gasteiger partial charge in [0.05, 0.1) is 5.92 Å². The van der Waals surface area contributed by atoms with E-state index in [1.165, 1.54) is 5.56 Å². The summed E-state index contributed by atoms with van der Waals surface area (Å²) in [5.41, 5.74) is 2.16. The zero-order chi connectivity index (χ0) is 12.4. The molecule has 0 aliphatic carbocycles. The Labute approximate surface area is 103 Å². The summed E-state index contributed by atoms with van der Waals surface area (Å²) in [6.07, 6.45) is 0. The zero-order valence-corrected chi connectivity index (χ0v) is 10.7. The predicted molar refractivity (Wildman–Crippen MR) is 70.1 cm³/mol. The number of hydrogen-bond acceptors (Lipinski definition) is 2. The van der Waals surface area contributed by atoms with Crippen LogP contribution in [0.25, 0.3) is 0 Å². The molecule has 2 atom stereocenters. The molecule has 1 heterocycles. The Morgan fingerprint density at radius 2 is 2.18 bits per heavy atom. The predicted octanol–water partition coefficient (Wildman–Crippen LogP) is 1.81. The Balaban J connectivity index is 2.14. The van der Waals surface area contributed by atoms with E-state index in [0.29, 0.717) is 5.92 Å². The molecule has 3 nitrogen and oxygen atoms in total. The third-order valence-corrected chi connectivity index (χ3v) is 3.55. The summed E-state index contributed by atoms with van der Waals surface area (Å²) in [5, 5.41) is 3.27. The van der Waals surface area contributed by atoms with Crippen LogP contribution in [0.4, 0.5) is 5.69 Å². The first-order chi connectivity index (χ1) is 8.09. The largest absolute Gasteiger partial charge is 0.316 e. The molecule has 0 bridgehead atoms. The van der Waals surface area contributed by atoms with Gasteiger partial charge in [-0.1, -0.05) is 19.1 Å². The number of amides is 1. The van der Waals surface area contributed by atoms with E-state index in [1.54, 1.807) is 4.90 Å². The lowest BCUT2D eigenvalue weighted by Gasteiger charge is -2.23. The van der Waals surface area contributed by atoms with E-state index in [1.807, 2.05) is 38.2 Å². The molecular formula is C14H20N2O. The second kappa shape index (κ2) is 4.88. The van der Waals surface area contributed by atoms with Crippen LogP contribution >= 0.6 is 0 Å². The van der Waals surface area contributed by atoms with Gasteiger partial charge in [-0.05, 0) is 37.1 Å². The average Bonchev–Trinajstić information content (AvgIpc) is 2.73. The van der Waals surface area contributed by atoms with E-state index in [0.717, 1.165) is 18.8 Å². The fraction of sp³-hybridized carbons (Fsp3) is 0.500. The van der Waals surface area contributed by atoms with Crippen molar-refractivity contribution < 1.29 is 4.79 Å². The minimum atomic E-state index is 0.112. The number of hydrogen-bond donors (Lipinski definition) is 1. The van der Waals surface area contributed by atoms with Gasteiger partial charge >= 0.3 is 0 Å². The second-order valence-corrected chi connectivity index (χ2v) is 4.98. The molecule has 1 amide bonds. The van der Waals surface area contributed by atoms with Gasteiger partial charge in [0.2, 0.25) is 5.91 Å². The molecule has 92 valence electrons. The summed E-state index contributed by atoms with van der Waals surface area (Å²) in [6.45, 7) is 5.92. The van der Waals surface area contributed by atoms with Crippen molar-refractivity contribution in [1.82, 2.24) is 5.32 Å². The minimum absolute atomic E-state index is 0.112. The number of anilines is 1. The van der Waals surface area contributed by atoms with Crippen molar-refractivity contribution in [3.05, 3.63) is 29.8 Å². The van der Waals surface area contributed by atoms with E-state index < -0.39 is 0 Å². The summed E-state index contributed by atoms with van der Waals surface area (Å²) in [7, 11) is 1.86. The number of benzene rings is 1. The highest BCUT2D eigenvalue weighted by atomic mass is 16.2. The molecule has 17 heavy (non-hydrogen) atoms. The number of rotatable bonds is 2. The molecule has 1 aliphatic heterocycles. The Morgan fingerprint density at radius 3 is 2.76 bits per heavy atom. The molecular weight excluding hydrogens is 212 g/mol. The normalized spacial score (nSPS) is 23.7. The first kappa shape index (κ1) is 12.1. The Hall–Kier alpha value is -1.35. The van der Waals surface area contributed by atoms with Gasteiger partial charge < -0.3 is 10.2 Å². The number of nitrogens with one attached hydrogen (secondary N) is 1. The molecule has 1 fully saturated rings. The molecule has 0 spiro atoms. The lowest BCUT2D eigenvalue weighted by Crippen LogP contribution is -2.36. The fourth-order valence-electron chi connectivity index (χ4n) is 2.35. The monoisotopic (exact) mass is 232 g/mol. The molecule has 0 saturated carbocycles. The average molecular weight is 232 g/mol. The summed E-state index contributed by atoms with van der Waals surface area (Å²) < 4.78 is 0. The van der Waals surface area contributed by atoms with Crippen molar-refractivity contribution in [3.8, 4) is 0 Å².